The van der Waals surface area contributed by atoms with Crippen LogP contribution in [0.4, 0.5) is 5.69 Å². The first-order valence-corrected chi connectivity index (χ1v) is 7.62. The molecule has 0 unspecified atom stereocenters. The van der Waals surface area contributed by atoms with Crippen LogP contribution in [0.1, 0.15) is 46.5 Å². The summed E-state index contributed by atoms with van der Waals surface area (Å²) in [5, 5.41) is 7.35. The molecule has 0 aliphatic carbocycles. The minimum atomic E-state index is -0.117. The quantitative estimate of drug-likeness (QED) is 0.778. The summed E-state index contributed by atoms with van der Waals surface area (Å²) in [4.78, 5) is 11.7. The highest BCUT2D eigenvalue weighted by Crippen LogP contribution is 2.25. The Balaban J connectivity index is 2.61. The average Bonchev–Trinajstić information content (AvgIpc) is 2.35. The number of hydrogen-bond acceptors (Lipinski definition) is 3. The lowest BCUT2D eigenvalue weighted by Gasteiger charge is -2.25. The fraction of sp³-hybridized carbons (Fsp3) is 0.714. The van der Waals surface area contributed by atoms with E-state index >= 15 is 0 Å². The largest absolute Gasteiger partial charge is 0.382 e. The van der Waals surface area contributed by atoms with Crippen molar-refractivity contribution in [1.29, 1.82) is 0 Å². The van der Waals surface area contributed by atoms with E-state index in [-0.39, 0.29) is 11.0 Å². The number of aromatic nitrogens is 2. The van der Waals surface area contributed by atoms with Crippen molar-refractivity contribution in [3.63, 3.8) is 0 Å². The van der Waals surface area contributed by atoms with Gasteiger partial charge in [0, 0.05) is 13.6 Å². The van der Waals surface area contributed by atoms with Gasteiger partial charge in [-0.2, -0.15) is 5.10 Å². The predicted octanol–water partition coefficient (Wildman–Crippen LogP) is 3.56. The topological polar surface area (TPSA) is 46.9 Å². The van der Waals surface area contributed by atoms with E-state index in [4.69, 9.17) is 0 Å². The summed E-state index contributed by atoms with van der Waals surface area (Å²) < 4.78 is 1.87. The summed E-state index contributed by atoms with van der Waals surface area (Å²) in [5.41, 5.74) is 0.871. The smallest absolute Gasteiger partial charge is 0.282 e. The molecule has 0 aromatic carbocycles. The standard InChI is InChI=1S/C14H24BrN3O/c1-5-6-7-8-14(2,3)10-16-11-9-17-18(4)13(19)12(11)15/h9,16H,5-8,10H2,1-4H3. The average molecular weight is 330 g/mol. The van der Waals surface area contributed by atoms with Crippen molar-refractivity contribution in [3.05, 3.63) is 21.0 Å². The van der Waals surface area contributed by atoms with Gasteiger partial charge in [-0.15, -0.1) is 0 Å². The minimum absolute atomic E-state index is 0.117. The molecule has 0 radical (unpaired) electrons. The van der Waals surface area contributed by atoms with Gasteiger partial charge in [0.25, 0.3) is 5.56 Å². The van der Waals surface area contributed by atoms with Gasteiger partial charge in [0.15, 0.2) is 0 Å². The first-order chi connectivity index (χ1) is 8.87. The second-order valence-electron chi connectivity index (χ2n) is 5.78. The second-order valence-corrected chi connectivity index (χ2v) is 6.57. The fourth-order valence-corrected chi connectivity index (χ4v) is 2.41. The van der Waals surface area contributed by atoms with Gasteiger partial charge in [-0.3, -0.25) is 4.79 Å². The molecule has 1 N–H and O–H groups in total. The van der Waals surface area contributed by atoms with Gasteiger partial charge >= 0.3 is 0 Å². The summed E-state index contributed by atoms with van der Waals surface area (Å²) in [6, 6.07) is 0. The Labute approximate surface area is 123 Å². The zero-order valence-electron chi connectivity index (χ0n) is 12.3. The molecule has 5 heteroatoms. The van der Waals surface area contributed by atoms with Crippen LogP contribution in [0, 0.1) is 5.41 Å². The molecule has 0 amide bonds. The molecule has 1 heterocycles. The van der Waals surface area contributed by atoms with Crippen LogP contribution in [-0.4, -0.2) is 16.3 Å². The molecular formula is C14H24BrN3O. The van der Waals surface area contributed by atoms with Crippen molar-refractivity contribution in [2.45, 2.75) is 46.5 Å². The zero-order chi connectivity index (χ0) is 14.5. The molecular weight excluding hydrogens is 306 g/mol. The molecule has 1 rings (SSSR count). The third-order valence-corrected chi connectivity index (χ3v) is 4.06. The van der Waals surface area contributed by atoms with Crippen molar-refractivity contribution >= 4 is 21.6 Å². The number of anilines is 1. The summed E-state index contributed by atoms with van der Waals surface area (Å²) in [7, 11) is 1.64. The van der Waals surface area contributed by atoms with Gasteiger partial charge in [-0.1, -0.05) is 40.0 Å². The van der Waals surface area contributed by atoms with Crippen LogP contribution in [0.15, 0.2) is 15.5 Å². The molecule has 108 valence electrons. The van der Waals surface area contributed by atoms with Gasteiger partial charge in [0.2, 0.25) is 0 Å². The van der Waals surface area contributed by atoms with Gasteiger partial charge < -0.3 is 5.32 Å². The van der Waals surface area contributed by atoms with Crippen LogP contribution in [-0.2, 0) is 7.05 Å². The minimum Gasteiger partial charge on any atom is -0.382 e. The third-order valence-electron chi connectivity index (χ3n) is 3.29. The monoisotopic (exact) mass is 329 g/mol. The Hall–Kier alpha value is -0.840. The lowest BCUT2D eigenvalue weighted by Crippen LogP contribution is -2.26. The summed E-state index contributed by atoms with van der Waals surface area (Å²) in [6.07, 6.45) is 6.65. The molecule has 0 bridgehead atoms. The molecule has 0 aliphatic rings. The van der Waals surface area contributed by atoms with E-state index in [9.17, 15) is 4.79 Å². The van der Waals surface area contributed by atoms with E-state index in [1.165, 1.54) is 30.4 Å². The van der Waals surface area contributed by atoms with E-state index in [0.717, 1.165) is 12.2 Å². The van der Waals surface area contributed by atoms with Gasteiger partial charge in [-0.25, -0.2) is 4.68 Å². The lowest BCUT2D eigenvalue weighted by molar-refractivity contribution is 0.342. The number of aryl methyl sites for hydroxylation is 1. The normalized spacial score (nSPS) is 11.6. The van der Waals surface area contributed by atoms with Crippen molar-refractivity contribution in [3.8, 4) is 0 Å². The number of hydrogen-bond donors (Lipinski definition) is 1. The van der Waals surface area contributed by atoms with E-state index in [0.29, 0.717) is 4.47 Å². The van der Waals surface area contributed by atoms with Crippen molar-refractivity contribution in [2.24, 2.45) is 12.5 Å². The van der Waals surface area contributed by atoms with Crippen LogP contribution < -0.4 is 10.9 Å². The summed E-state index contributed by atoms with van der Waals surface area (Å²) >= 11 is 3.33. The van der Waals surface area contributed by atoms with Crippen LogP contribution in [0.2, 0.25) is 0 Å². The predicted molar refractivity (Wildman–Crippen MR) is 83.6 cm³/mol. The Morgan fingerprint density at radius 1 is 1.42 bits per heavy atom. The third kappa shape index (κ3) is 4.97. The molecule has 1 aromatic heterocycles. The maximum absolute atomic E-state index is 11.7. The molecule has 4 nitrogen and oxygen atoms in total. The Morgan fingerprint density at radius 2 is 2.11 bits per heavy atom. The Bertz CT molecular complexity index is 468. The van der Waals surface area contributed by atoms with E-state index in [2.05, 4.69) is 47.1 Å². The highest BCUT2D eigenvalue weighted by molar-refractivity contribution is 9.10. The first kappa shape index (κ1) is 16.2. The highest BCUT2D eigenvalue weighted by atomic mass is 79.9. The number of rotatable bonds is 7. The molecule has 0 spiro atoms. The first-order valence-electron chi connectivity index (χ1n) is 6.83. The Kier molecular flexibility index (Phi) is 6.04. The maximum Gasteiger partial charge on any atom is 0.282 e. The van der Waals surface area contributed by atoms with Crippen molar-refractivity contribution in [2.75, 3.05) is 11.9 Å². The second kappa shape index (κ2) is 7.08. The van der Waals surface area contributed by atoms with E-state index in [1.54, 1.807) is 13.2 Å². The fourth-order valence-electron chi connectivity index (χ4n) is 1.91. The highest BCUT2D eigenvalue weighted by Gasteiger charge is 2.18. The van der Waals surface area contributed by atoms with Crippen LogP contribution in [0.5, 0.6) is 0 Å². The van der Waals surface area contributed by atoms with E-state index in [1.807, 2.05) is 0 Å². The molecule has 0 saturated heterocycles. The van der Waals surface area contributed by atoms with Gasteiger partial charge in [0.05, 0.1) is 11.9 Å². The maximum atomic E-state index is 11.7. The summed E-state index contributed by atoms with van der Waals surface area (Å²) in [5.74, 6) is 0. The lowest BCUT2D eigenvalue weighted by atomic mass is 9.87. The molecule has 0 fully saturated rings. The number of nitrogens with zero attached hydrogens (tertiary/aromatic N) is 2. The molecule has 1 aromatic rings. The van der Waals surface area contributed by atoms with Gasteiger partial charge in [-0.05, 0) is 27.8 Å². The summed E-state index contributed by atoms with van der Waals surface area (Å²) in [6.45, 7) is 7.55. The van der Waals surface area contributed by atoms with Crippen LogP contribution in [0.25, 0.3) is 0 Å². The van der Waals surface area contributed by atoms with Crippen LogP contribution in [0.3, 0.4) is 0 Å². The van der Waals surface area contributed by atoms with Crippen LogP contribution >= 0.6 is 15.9 Å². The number of nitrogens with one attached hydrogen (secondary N) is 1. The zero-order valence-corrected chi connectivity index (χ0v) is 13.9. The van der Waals surface area contributed by atoms with E-state index < -0.39 is 0 Å². The molecule has 19 heavy (non-hydrogen) atoms. The van der Waals surface area contributed by atoms with Gasteiger partial charge in [0.1, 0.15) is 4.47 Å². The van der Waals surface area contributed by atoms with Crippen molar-refractivity contribution < 1.29 is 0 Å². The van der Waals surface area contributed by atoms with Crippen molar-refractivity contribution in [1.82, 2.24) is 9.78 Å². The molecule has 0 aliphatic heterocycles. The molecule has 0 saturated carbocycles. The Morgan fingerprint density at radius 3 is 2.74 bits per heavy atom. The molecule has 0 atom stereocenters. The SMILES string of the molecule is CCCCCC(C)(C)CNc1cnn(C)c(=O)c1Br. The number of unbranched alkanes of at least 4 members (excludes halogenated alkanes) is 2. The number of halogens is 1.